The lowest BCUT2D eigenvalue weighted by Gasteiger charge is -2.03. The number of rotatable bonds is 7. The molecular formula is C12H13N5S2. The second-order valence-electron chi connectivity index (χ2n) is 3.74. The zero-order valence-corrected chi connectivity index (χ0v) is 11.9. The first-order chi connectivity index (χ1) is 9.42. The van der Waals surface area contributed by atoms with Gasteiger partial charge in [-0.25, -0.2) is 4.99 Å². The van der Waals surface area contributed by atoms with Crippen molar-refractivity contribution in [1.82, 2.24) is 20.2 Å². The zero-order valence-electron chi connectivity index (χ0n) is 10.3. The van der Waals surface area contributed by atoms with Gasteiger partial charge in [-0.15, -0.1) is 5.10 Å². The summed E-state index contributed by atoms with van der Waals surface area (Å²) in [6.45, 7) is 0.744. The van der Waals surface area contributed by atoms with Gasteiger partial charge in [0, 0.05) is 12.3 Å². The van der Waals surface area contributed by atoms with E-state index in [0.717, 1.165) is 36.0 Å². The molecule has 0 aliphatic rings. The summed E-state index contributed by atoms with van der Waals surface area (Å²) >= 11 is 6.16. The lowest BCUT2D eigenvalue weighted by atomic mass is 10.3. The Morgan fingerprint density at radius 3 is 2.89 bits per heavy atom. The van der Waals surface area contributed by atoms with Crippen molar-refractivity contribution in [3.8, 4) is 5.69 Å². The molecule has 1 aromatic heterocycles. The van der Waals surface area contributed by atoms with Gasteiger partial charge in [-0.1, -0.05) is 30.0 Å². The molecule has 0 amide bonds. The third-order valence-electron chi connectivity index (χ3n) is 2.40. The van der Waals surface area contributed by atoms with Crippen LogP contribution >= 0.6 is 24.0 Å². The smallest absolute Gasteiger partial charge is 0.214 e. The average molecular weight is 291 g/mol. The van der Waals surface area contributed by atoms with Gasteiger partial charge in [0.05, 0.1) is 10.8 Å². The van der Waals surface area contributed by atoms with Crippen molar-refractivity contribution < 1.29 is 0 Å². The lowest BCUT2D eigenvalue weighted by Crippen LogP contribution is -1.99. The maximum atomic E-state index is 4.51. The Labute approximate surface area is 121 Å². The van der Waals surface area contributed by atoms with Crippen LogP contribution in [0.1, 0.15) is 12.8 Å². The summed E-state index contributed by atoms with van der Waals surface area (Å²) in [7, 11) is 0. The molecule has 1 aromatic carbocycles. The van der Waals surface area contributed by atoms with E-state index in [-0.39, 0.29) is 0 Å². The van der Waals surface area contributed by atoms with Crippen LogP contribution in [-0.2, 0) is 0 Å². The fourth-order valence-electron chi connectivity index (χ4n) is 1.50. The normalized spacial score (nSPS) is 10.1. The lowest BCUT2D eigenvalue weighted by molar-refractivity contribution is 0.754. The number of thiocarbonyl (C=S) groups is 1. The first-order valence-electron chi connectivity index (χ1n) is 5.92. The Morgan fingerprint density at radius 1 is 1.26 bits per heavy atom. The highest BCUT2D eigenvalue weighted by atomic mass is 32.2. The van der Waals surface area contributed by atoms with E-state index in [2.05, 4.69) is 37.9 Å². The van der Waals surface area contributed by atoms with Gasteiger partial charge >= 0.3 is 0 Å². The SMILES string of the molecule is S=C=NCCCCSc1nnnn1-c1ccccc1. The molecule has 7 heteroatoms. The number of tetrazole rings is 1. The van der Waals surface area contributed by atoms with Crippen molar-refractivity contribution in [2.24, 2.45) is 4.99 Å². The summed E-state index contributed by atoms with van der Waals surface area (Å²) in [4.78, 5) is 3.88. The number of isothiocyanates is 1. The number of para-hydroxylation sites is 1. The second-order valence-corrected chi connectivity index (χ2v) is 4.98. The van der Waals surface area contributed by atoms with Crippen molar-refractivity contribution in [3.05, 3.63) is 30.3 Å². The van der Waals surface area contributed by atoms with Gasteiger partial charge in [-0.3, -0.25) is 0 Å². The molecule has 98 valence electrons. The summed E-state index contributed by atoms with van der Waals surface area (Å²) in [5, 5.41) is 15.0. The van der Waals surface area contributed by atoms with E-state index in [1.807, 2.05) is 30.3 Å². The van der Waals surface area contributed by atoms with Crippen LogP contribution < -0.4 is 0 Å². The number of thioether (sulfide) groups is 1. The number of benzene rings is 1. The number of unbranched alkanes of at least 4 members (excludes halogenated alkanes) is 1. The van der Waals surface area contributed by atoms with E-state index in [4.69, 9.17) is 0 Å². The second kappa shape index (κ2) is 7.78. The number of aliphatic imine (C=N–C) groups is 1. The molecule has 0 unspecified atom stereocenters. The Morgan fingerprint density at radius 2 is 2.11 bits per heavy atom. The van der Waals surface area contributed by atoms with Gasteiger partial charge in [-0.05, 0) is 47.6 Å². The fraction of sp³-hybridized carbons (Fsp3) is 0.333. The summed E-state index contributed by atoms with van der Waals surface area (Å²) in [5.41, 5.74) is 0.973. The maximum Gasteiger partial charge on any atom is 0.214 e. The molecule has 0 atom stereocenters. The van der Waals surface area contributed by atoms with Crippen molar-refractivity contribution in [3.63, 3.8) is 0 Å². The molecule has 0 N–H and O–H groups in total. The summed E-state index contributed by atoms with van der Waals surface area (Å²) < 4.78 is 1.75. The van der Waals surface area contributed by atoms with Crippen LogP contribution in [0.5, 0.6) is 0 Å². The van der Waals surface area contributed by atoms with E-state index in [9.17, 15) is 0 Å². The van der Waals surface area contributed by atoms with Crippen molar-refractivity contribution in [2.75, 3.05) is 12.3 Å². The maximum absolute atomic E-state index is 4.51. The number of hydrogen-bond acceptors (Lipinski definition) is 6. The van der Waals surface area contributed by atoms with Gasteiger partial charge in [0.2, 0.25) is 5.16 Å². The molecule has 0 saturated carbocycles. The minimum atomic E-state index is 0.744. The van der Waals surface area contributed by atoms with Gasteiger partial charge < -0.3 is 0 Å². The molecule has 0 aliphatic heterocycles. The third-order valence-corrected chi connectivity index (χ3v) is 3.54. The van der Waals surface area contributed by atoms with Crippen LogP contribution in [-0.4, -0.2) is 37.7 Å². The van der Waals surface area contributed by atoms with Crippen LogP contribution in [0.3, 0.4) is 0 Å². The predicted octanol–water partition coefficient (Wildman–Crippen LogP) is 2.64. The molecule has 5 nitrogen and oxygen atoms in total. The van der Waals surface area contributed by atoms with Crippen molar-refractivity contribution >= 4 is 29.1 Å². The van der Waals surface area contributed by atoms with E-state index >= 15 is 0 Å². The van der Waals surface area contributed by atoms with E-state index < -0.39 is 0 Å². The van der Waals surface area contributed by atoms with Crippen LogP contribution in [0.25, 0.3) is 5.69 Å². The van der Waals surface area contributed by atoms with Crippen molar-refractivity contribution in [1.29, 1.82) is 0 Å². The number of aromatic nitrogens is 4. The highest BCUT2D eigenvalue weighted by molar-refractivity contribution is 7.99. The minimum Gasteiger partial charge on any atom is -0.233 e. The van der Waals surface area contributed by atoms with Crippen LogP contribution in [0.2, 0.25) is 0 Å². The molecule has 19 heavy (non-hydrogen) atoms. The van der Waals surface area contributed by atoms with E-state index in [1.165, 1.54) is 0 Å². The van der Waals surface area contributed by atoms with Gasteiger partial charge in [-0.2, -0.15) is 4.68 Å². The summed E-state index contributed by atoms with van der Waals surface area (Å²) in [6.07, 6.45) is 2.05. The van der Waals surface area contributed by atoms with Crippen LogP contribution in [0, 0.1) is 0 Å². The topological polar surface area (TPSA) is 56.0 Å². The molecule has 2 aromatic rings. The van der Waals surface area contributed by atoms with Gasteiger partial charge in [0.15, 0.2) is 0 Å². The molecule has 0 aliphatic carbocycles. The molecule has 0 fully saturated rings. The summed E-state index contributed by atoms with van der Waals surface area (Å²) in [5.74, 6) is 0.958. The zero-order chi connectivity index (χ0) is 13.3. The highest BCUT2D eigenvalue weighted by Gasteiger charge is 2.07. The van der Waals surface area contributed by atoms with Gasteiger partial charge in [0.1, 0.15) is 0 Å². The molecule has 0 saturated heterocycles. The molecule has 0 radical (unpaired) electrons. The van der Waals surface area contributed by atoms with Crippen LogP contribution in [0.4, 0.5) is 0 Å². The highest BCUT2D eigenvalue weighted by Crippen LogP contribution is 2.18. The largest absolute Gasteiger partial charge is 0.233 e. The van der Waals surface area contributed by atoms with Crippen molar-refractivity contribution in [2.45, 2.75) is 18.0 Å². The quantitative estimate of drug-likeness (QED) is 0.340. The Bertz CT molecular complexity index is 548. The number of nitrogens with zero attached hydrogens (tertiary/aromatic N) is 5. The predicted molar refractivity (Wildman–Crippen MR) is 79.0 cm³/mol. The monoisotopic (exact) mass is 291 g/mol. The molecule has 0 bridgehead atoms. The average Bonchev–Trinajstić information content (AvgIpc) is 2.92. The fourth-order valence-corrected chi connectivity index (χ4v) is 2.48. The third kappa shape index (κ3) is 4.24. The molecule has 2 rings (SSSR count). The standard InChI is InChI=1S/C12H13N5S2/c18-10-13-8-4-5-9-19-12-14-15-16-17(12)11-6-2-1-3-7-11/h1-3,6-7H,4-5,8-9H2. The minimum absolute atomic E-state index is 0.744. The Balaban J connectivity index is 1.88. The molecule has 1 heterocycles. The van der Waals surface area contributed by atoms with Crippen LogP contribution in [0.15, 0.2) is 40.5 Å². The molecular weight excluding hydrogens is 278 g/mol. The Hall–Kier alpha value is -1.56. The van der Waals surface area contributed by atoms with E-state index in [0.29, 0.717) is 0 Å². The summed E-state index contributed by atoms with van der Waals surface area (Å²) in [6, 6.07) is 9.87. The van der Waals surface area contributed by atoms with Gasteiger partial charge in [0.25, 0.3) is 0 Å². The Kier molecular flexibility index (Phi) is 5.68. The first kappa shape index (κ1) is 13.9. The van der Waals surface area contributed by atoms with E-state index in [1.54, 1.807) is 16.4 Å². The first-order valence-corrected chi connectivity index (χ1v) is 7.31. The number of hydrogen-bond donors (Lipinski definition) is 0. The molecule has 0 spiro atoms.